The minimum absolute atomic E-state index is 0.0376. The lowest BCUT2D eigenvalue weighted by Gasteiger charge is -2.22. The molecule has 0 radical (unpaired) electrons. The molecule has 2 atom stereocenters. The van der Waals surface area contributed by atoms with Gasteiger partial charge < -0.3 is 21.4 Å². The van der Waals surface area contributed by atoms with Gasteiger partial charge in [0.05, 0.1) is 6.21 Å². The van der Waals surface area contributed by atoms with Crippen LogP contribution in [0.3, 0.4) is 0 Å². The number of ketones is 1. The van der Waals surface area contributed by atoms with Gasteiger partial charge in [-0.15, -0.1) is 0 Å². The van der Waals surface area contributed by atoms with E-state index in [1.807, 2.05) is 30.3 Å². The van der Waals surface area contributed by atoms with Crippen LogP contribution < -0.4 is 16.0 Å². The summed E-state index contributed by atoms with van der Waals surface area (Å²) in [6.45, 7) is 3.33. The molecule has 1 aromatic rings. The molecule has 8 heteroatoms. The van der Waals surface area contributed by atoms with Gasteiger partial charge in [-0.3, -0.25) is 19.2 Å². The molecule has 1 rings (SSSR count). The minimum atomic E-state index is -0.937. The summed E-state index contributed by atoms with van der Waals surface area (Å²) in [5.41, 5.74) is 0.899. The monoisotopic (exact) mass is 374 g/mol. The smallest absolute Gasteiger partial charge is 0.243 e. The van der Waals surface area contributed by atoms with Crippen LogP contribution in [0.15, 0.2) is 30.3 Å². The molecule has 0 saturated heterocycles. The van der Waals surface area contributed by atoms with Crippen molar-refractivity contribution in [2.75, 3.05) is 0 Å². The van der Waals surface area contributed by atoms with Crippen molar-refractivity contribution in [1.82, 2.24) is 16.0 Å². The van der Waals surface area contributed by atoms with Crippen molar-refractivity contribution in [2.45, 2.75) is 51.7 Å². The molecular formula is C19H26N4O4. The quantitative estimate of drug-likeness (QED) is 0.425. The van der Waals surface area contributed by atoms with Crippen LogP contribution in [-0.4, -0.2) is 41.8 Å². The van der Waals surface area contributed by atoms with Crippen molar-refractivity contribution in [3.63, 3.8) is 0 Å². The van der Waals surface area contributed by atoms with E-state index in [9.17, 15) is 19.2 Å². The molecule has 0 aliphatic rings. The van der Waals surface area contributed by atoms with E-state index in [4.69, 9.17) is 5.41 Å². The van der Waals surface area contributed by atoms with Gasteiger partial charge in [-0.1, -0.05) is 37.3 Å². The van der Waals surface area contributed by atoms with E-state index in [0.29, 0.717) is 12.6 Å². The lowest BCUT2D eigenvalue weighted by molar-refractivity contribution is -0.132. The number of carbonyl (C=O) groups excluding carboxylic acids is 4. The highest BCUT2D eigenvalue weighted by Gasteiger charge is 2.25. The van der Waals surface area contributed by atoms with Crippen molar-refractivity contribution >= 4 is 29.7 Å². The number of Topliss-reactive ketones (excluding diaryl/α,β-unsaturated/α-hetero) is 1. The van der Waals surface area contributed by atoms with Gasteiger partial charge in [-0.2, -0.15) is 0 Å². The molecule has 0 aromatic heterocycles. The fourth-order valence-corrected chi connectivity index (χ4v) is 2.41. The first kappa shape index (κ1) is 22.0. The van der Waals surface area contributed by atoms with Crippen LogP contribution in [0.5, 0.6) is 0 Å². The van der Waals surface area contributed by atoms with E-state index in [-0.39, 0.29) is 25.3 Å². The van der Waals surface area contributed by atoms with Crippen LogP contribution in [0.2, 0.25) is 0 Å². The second kappa shape index (κ2) is 11.6. The first-order valence-electron chi connectivity index (χ1n) is 8.79. The molecule has 0 heterocycles. The number of amides is 3. The van der Waals surface area contributed by atoms with E-state index >= 15 is 0 Å². The van der Waals surface area contributed by atoms with Gasteiger partial charge in [-0.25, -0.2) is 0 Å². The lowest BCUT2D eigenvalue weighted by Crippen LogP contribution is -2.53. The Morgan fingerprint density at radius 1 is 1.04 bits per heavy atom. The molecular weight excluding hydrogens is 348 g/mol. The molecule has 27 heavy (non-hydrogen) atoms. The molecule has 0 bridgehead atoms. The van der Waals surface area contributed by atoms with Crippen molar-refractivity contribution in [1.29, 1.82) is 5.41 Å². The highest BCUT2D eigenvalue weighted by Crippen LogP contribution is 2.03. The second-order valence-electron chi connectivity index (χ2n) is 6.08. The maximum Gasteiger partial charge on any atom is 0.243 e. The summed E-state index contributed by atoms with van der Waals surface area (Å²) in [5.74, 6) is -1.70. The predicted molar refractivity (Wildman–Crippen MR) is 101 cm³/mol. The molecule has 0 spiro atoms. The highest BCUT2D eigenvalue weighted by molar-refractivity contribution is 6.26. The Bertz CT molecular complexity index is 676. The molecule has 3 amide bonds. The molecule has 0 saturated carbocycles. The molecule has 0 aliphatic carbocycles. The summed E-state index contributed by atoms with van der Waals surface area (Å²) < 4.78 is 0. The van der Waals surface area contributed by atoms with Gasteiger partial charge in [0.2, 0.25) is 17.7 Å². The number of carbonyl (C=O) groups is 4. The third-order valence-corrected chi connectivity index (χ3v) is 3.89. The number of hydrogen-bond acceptors (Lipinski definition) is 5. The molecule has 146 valence electrons. The third kappa shape index (κ3) is 8.26. The first-order chi connectivity index (χ1) is 12.9. The van der Waals surface area contributed by atoms with Crippen LogP contribution in [0, 0.1) is 5.41 Å². The summed E-state index contributed by atoms with van der Waals surface area (Å²) in [6, 6.07) is 7.58. The molecule has 0 fully saturated rings. The van der Waals surface area contributed by atoms with E-state index in [0.717, 1.165) is 5.56 Å². The minimum Gasteiger partial charge on any atom is -0.350 e. The Morgan fingerprint density at radius 2 is 1.70 bits per heavy atom. The Hall–Kier alpha value is -3.03. The predicted octanol–water partition coefficient (Wildman–Crippen LogP) is 0.701. The van der Waals surface area contributed by atoms with E-state index in [1.165, 1.54) is 6.92 Å². The summed E-state index contributed by atoms with van der Waals surface area (Å²) in [6.07, 6.45) is 1.08. The standard InChI is InChI=1S/C19H26N4O4/c1-3-16(22-13(2)24)19(27)23-17(10-9-15(25)11-20)18(26)21-12-14-7-5-4-6-8-14/h4-8,11,16-17,20H,3,9-10,12H2,1-2H3,(H,21,26)(H,22,24)(H,23,27)/t16-,17-/m0/s1. The second-order valence-corrected chi connectivity index (χ2v) is 6.08. The molecule has 0 unspecified atom stereocenters. The van der Waals surface area contributed by atoms with E-state index in [2.05, 4.69) is 16.0 Å². The van der Waals surface area contributed by atoms with Gasteiger partial charge in [0.15, 0.2) is 5.78 Å². The summed E-state index contributed by atoms with van der Waals surface area (Å²) in [4.78, 5) is 47.5. The van der Waals surface area contributed by atoms with E-state index in [1.54, 1.807) is 6.92 Å². The fraction of sp³-hybridized carbons (Fsp3) is 0.421. The lowest BCUT2D eigenvalue weighted by atomic mass is 10.1. The zero-order valence-electron chi connectivity index (χ0n) is 15.6. The third-order valence-electron chi connectivity index (χ3n) is 3.89. The highest BCUT2D eigenvalue weighted by atomic mass is 16.2. The van der Waals surface area contributed by atoms with Gasteiger partial charge in [0.25, 0.3) is 0 Å². The van der Waals surface area contributed by atoms with Gasteiger partial charge >= 0.3 is 0 Å². The maximum absolute atomic E-state index is 12.5. The number of rotatable bonds is 11. The van der Waals surface area contributed by atoms with E-state index < -0.39 is 29.7 Å². The largest absolute Gasteiger partial charge is 0.350 e. The summed E-state index contributed by atoms with van der Waals surface area (Å²) in [5, 5.41) is 14.8. The van der Waals surface area contributed by atoms with Crippen molar-refractivity contribution < 1.29 is 19.2 Å². The summed E-state index contributed by atoms with van der Waals surface area (Å²) >= 11 is 0. The van der Waals surface area contributed by atoms with Gasteiger partial charge in [0.1, 0.15) is 12.1 Å². The average Bonchev–Trinajstić information content (AvgIpc) is 2.67. The van der Waals surface area contributed by atoms with Crippen LogP contribution in [-0.2, 0) is 25.7 Å². The van der Waals surface area contributed by atoms with Crippen molar-refractivity contribution in [3.8, 4) is 0 Å². The van der Waals surface area contributed by atoms with Crippen molar-refractivity contribution in [2.24, 2.45) is 0 Å². The molecule has 8 nitrogen and oxygen atoms in total. The van der Waals surface area contributed by atoms with Gasteiger partial charge in [0, 0.05) is 19.9 Å². The van der Waals surface area contributed by atoms with Crippen LogP contribution in [0.25, 0.3) is 0 Å². The SMILES string of the molecule is CC[C@H](NC(C)=O)C(=O)N[C@@H](CCC(=O)C=N)C(=O)NCc1ccccc1. The Labute approximate surface area is 158 Å². The van der Waals surface area contributed by atoms with Crippen LogP contribution in [0.1, 0.15) is 38.7 Å². The zero-order valence-corrected chi connectivity index (χ0v) is 15.6. The summed E-state index contributed by atoms with van der Waals surface area (Å²) in [7, 11) is 0. The topological polar surface area (TPSA) is 128 Å². The molecule has 4 N–H and O–H groups in total. The Morgan fingerprint density at radius 3 is 2.26 bits per heavy atom. The van der Waals surface area contributed by atoms with Crippen molar-refractivity contribution in [3.05, 3.63) is 35.9 Å². The Kier molecular flexibility index (Phi) is 9.42. The average molecular weight is 374 g/mol. The maximum atomic E-state index is 12.5. The number of benzene rings is 1. The van der Waals surface area contributed by atoms with Gasteiger partial charge in [-0.05, 0) is 18.4 Å². The first-order valence-corrected chi connectivity index (χ1v) is 8.79. The fourth-order valence-electron chi connectivity index (χ4n) is 2.41. The normalized spacial score (nSPS) is 12.4. The van der Waals surface area contributed by atoms with Crippen LogP contribution in [0.4, 0.5) is 0 Å². The number of nitrogens with one attached hydrogen (secondary N) is 4. The Balaban J connectivity index is 2.76. The van der Waals surface area contributed by atoms with Crippen LogP contribution >= 0.6 is 0 Å². The molecule has 1 aromatic carbocycles. The number of hydrogen-bond donors (Lipinski definition) is 4. The molecule has 0 aliphatic heterocycles. The zero-order chi connectivity index (χ0) is 20.2.